The van der Waals surface area contributed by atoms with E-state index in [9.17, 15) is 9.59 Å². The Balaban J connectivity index is 4.44. The third-order valence-electron chi connectivity index (χ3n) is 3.43. The van der Waals surface area contributed by atoms with Crippen molar-refractivity contribution in [3.63, 3.8) is 0 Å². The predicted molar refractivity (Wildman–Crippen MR) is 93.9 cm³/mol. The van der Waals surface area contributed by atoms with Crippen LogP contribution in [-0.4, -0.2) is 41.8 Å². The minimum Gasteiger partial charge on any atom is -0.345 e. The van der Waals surface area contributed by atoms with Crippen LogP contribution in [0, 0.1) is 5.41 Å². The summed E-state index contributed by atoms with van der Waals surface area (Å²) in [5.41, 5.74) is 10.7. The number of hydrogen-bond acceptors (Lipinski definition) is 6. The molecule has 0 fully saturated rings. The number of rotatable bonds is 11. The second-order valence-corrected chi connectivity index (χ2v) is 6.58. The molecule has 1 unspecified atom stereocenters. The quantitative estimate of drug-likeness (QED) is 0.284. The number of unbranched alkanes of at least 4 members (excludes halogenated alkanes) is 2. The van der Waals surface area contributed by atoms with Crippen molar-refractivity contribution < 1.29 is 9.59 Å². The van der Waals surface area contributed by atoms with Crippen LogP contribution in [-0.2, 0) is 9.59 Å². The van der Waals surface area contributed by atoms with Gasteiger partial charge in [0.05, 0.1) is 17.5 Å². The molecule has 0 rings (SSSR count). The van der Waals surface area contributed by atoms with Crippen molar-refractivity contribution in [2.45, 2.75) is 51.6 Å². The highest BCUT2D eigenvalue weighted by molar-refractivity contribution is 7.80. The molecule has 0 spiro atoms. The smallest absolute Gasteiger partial charge is 0.227 e. The molecule has 21 heavy (non-hydrogen) atoms. The molecular weight excluding hydrogens is 306 g/mol. The van der Waals surface area contributed by atoms with Crippen LogP contribution in [0.25, 0.3) is 0 Å². The molecule has 0 heterocycles. The van der Waals surface area contributed by atoms with Crippen LogP contribution in [0.2, 0.25) is 0 Å². The summed E-state index contributed by atoms with van der Waals surface area (Å²) in [4.78, 5) is 24.3. The first-order chi connectivity index (χ1) is 9.80. The summed E-state index contributed by atoms with van der Waals surface area (Å²) < 4.78 is 0. The molecule has 0 aliphatic rings. The Kier molecular flexibility index (Phi) is 10.4. The lowest BCUT2D eigenvalue weighted by molar-refractivity contribution is -0.132. The van der Waals surface area contributed by atoms with Gasteiger partial charge in [0.1, 0.15) is 0 Å². The molecule has 0 aromatic rings. The van der Waals surface area contributed by atoms with Gasteiger partial charge in [-0.2, -0.15) is 25.3 Å². The van der Waals surface area contributed by atoms with Gasteiger partial charge in [0.15, 0.2) is 5.78 Å². The molecule has 0 bridgehead atoms. The summed E-state index contributed by atoms with van der Waals surface area (Å²) >= 11 is 8.30. The maximum absolute atomic E-state index is 12.3. The second-order valence-electron chi connectivity index (χ2n) is 5.90. The van der Waals surface area contributed by atoms with Gasteiger partial charge < -0.3 is 16.8 Å². The Morgan fingerprint density at radius 1 is 1.19 bits per heavy atom. The monoisotopic (exact) mass is 335 g/mol. The molecule has 0 aromatic heterocycles. The van der Waals surface area contributed by atoms with Gasteiger partial charge in [0, 0.05) is 11.5 Å². The second kappa shape index (κ2) is 10.5. The van der Waals surface area contributed by atoms with E-state index < -0.39 is 17.5 Å². The van der Waals surface area contributed by atoms with Gasteiger partial charge >= 0.3 is 0 Å². The van der Waals surface area contributed by atoms with E-state index >= 15 is 0 Å². The molecule has 7 heteroatoms. The first-order valence-corrected chi connectivity index (χ1v) is 8.58. The first kappa shape index (κ1) is 20.8. The largest absolute Gasteiger partial charge is 0.345 e. The average molecular weight is 336 g/mol. The van der Waals surface area contributed by atoms with Crippen molar-refractivity contribution in [3.8, 4) is 0 Å². The molecule has 0 aromatic carbocycles. The molecule has 0 aliphatic heterocycles. The van der Waals surface area contributed by atoms with Crippen molar-refractivity contribution in [1.29, 1.82) is 0 Å². The molecule has 124 valence electrons. The lowest BCUT2D eigenvalue weighted by Gasteiger charge is -2.26. The molecule has 0 saturated carbocycles. The van der Waals surface area contributed by atoms with Gasteiger partial charge in [-0.05, 0) is 19.4 Å². The zero-order valence-electron chi connectivity index (χ0n) is 13.0. The normalized spacial score (nSPS) is 14.6. The van der Waals surface area contributed by atoms with Gasteiger partial charge in [0.25, 0.3) is 0 Å². The van der Waals surface area contributed by atoms with Crippen molar-refractivity contribution in [1.82, 2.24) is 5.32 Å². The van der Waals surface area contributed by atoms with Crippen LogP contribution in [0.5, 0.6) is 0 Å². The zero-order chi connectivity index (χ0) is 16.5. The van der Waals surface area contributed by atoms with Crippen LogP contribution >= 0.6 is 25.3 Å². The number of nitrogens with two attached hydrogens (primary N) is 2. The molecule has 2 atom stereocenters. The number of carbonyl (C=O) groups is 2. The van der Waals surface area contributed by atoms with E-state index in [1.165, 1.54) is 0 Å². The van der Waals surface area contributed by atoms with Crippen LogP contribution in [0.15, 0.2) is 0 Å². The Morgan fingerprint density at radius 2 is 1.81 bits per heavy atom. The molecular formula is C14H29N3O2S2. The topological polar surface area (TPSA) is 98.2 Å². The highest BCUT2D eigenvalue weighted by atomic mass is 32.1. The maximum atomic E-state index is 12.3. The zero-order valence-corrected chi connectivity index (χ0v) is 14.8. The van der Waals surface area contributed by atoms with E-state index in [2.05, 4.69) is 30.6 Å². The fourth-order valence-electron chi connectivity index (χ4n) is 1.72. The van der Waals surface area contributed by atoms with Crippen molar-refractivity contribution in [2.24, 2.45) is 16.9 Å². The Labute approximate surface area is 138 Å². The third-order valence-corrected chi connectivity index (χ3v) is 4.58. The number of ketones is 1. The first-order valence-electron chi connectivity index (χ1n) is 7.32. The Hall–Kier alpha value is -0.240. The van der Waals surface area contributed by atoms with Crippen LogP contribution in [0.4, 0.5) is 0 Å². The molecule has 0 radical (unpaired) electrons. The molecule has 0 saturated heterocycles. The SMILES string of the molecule is CC(C)(CS)C(=O)N[C@@H](CS)C(=O)C(N)CCCCCN. The van der Waals surface area contributed by atoms with Crippen molar-refractivity contribution in [2.75, 3.05) is 18.1 Å². The van der Waals surface area contributed by atoms with Crippen LogP contribution in [0.3, 0.4) is 0 Å². The van der Waals surface area contributed by atoms with Gasteiger partial charge in [-0.25, -0.2) is 0 Å². The van der Waals surface area contributed by atoms with E-state index in [4.69, 9.17) is 11.5 Å². The standard InChI is InChI=1S/C14H29N3O2S2/c1-14(2,9-21)13(19)17-11(8-20)12(18)10(16)6-4-3-5-7-15/h10-11,20-21H,3-9,15-16H2,1-2H3,(H,17,19)/t10?,11-/m0/s1. The fraction of sp³-hybridized carbons (Fsp3) is 0.857. The average Bonchev–Trinajstić information content (AvgIpc) is 2.47. The number of thiol groups is 2. The number of Topliss-reactive ketones (excluding diaryl/α,β-unsaturated/α-hetero) is 1. The molecule has 0 aliphatic carbocycles. The summed E-state index contributed by atoms with van der Waals surface area (Å²) in [6, 6.07) is -1.22. The van der Waals surface area contributed by atoms with Crippen molar-refractivity contribution >= 4 is 36.9 Å². The van der Waals surface area contributed by atoms with Crippen LogP contribution < -0.4 is 16.8 Å². The lowest BCUT2D eigenvalue weighted by atomic mass is 9.93. The van der Waals surface area contributed by atoms with E-state index in [0.29, 0.717) is 18.7 Å². The minimum absolute atomic E-state index is 0.166. The third kappa shape index (κ3) is 7.54. The van der Waals surface area contributed by atoms with Gasteiger partial charge in [-0.15, -0.1) is 0 Å². The van der Waals surface area contributed by atoms with Gasteiger partial charge in [0.2, 0.25) is 5.91 Å². The highest BCUT2D eigenvalue weighted by Crippen LogP contribution is 2.17. The Bertz CT molecular complexity index is 338. The number of carbonyl (C=O) groups excluding carboxylic acids is 2. The van der Waals surface area contributed by atoms with E-state index in [1.54, 1.807) is 13.8 Å². The predicted octanol–water partition coefficient (Wildman–Crippen LogP) is 0.773. The minimum atomic E-state index is -0.649. The van der Waals surface area contributed by atoms with E-state index in [-0.39, 0.29) is 17.4 Å². The summed E-state index contributed by atoms with van der Waals surface area (Å²) in [6.45, 7) is 4.21. The number of amides is 1. The highest BCUT2D eigenvalue weighted by Gasteiger charge is 2.31. The molecule has 1 amide bonds. The lowest BCUT2D eigenvalue weighted by Crippen LogP contribution is -2.52. The summed E-state index contributed by atoms with van der Waals surface area (Å²) in [7, 11) is 0. The van der Waals surface area contributed by atoms with Crippen LogP contribution in [0.1, 0.15) is 39.5 Å². The van der Waals surface area contributed by atoms with E-state index in [1.807, 2.05) is 0 Å². The molecule has 5 nitrogen and oxygen atoms in total. The van der Waals surface area contributed by atoms with E-state index in [0.717, 1.165) is 19.3 Å². The number of hydrogen-bond donors (Lipinski definition) is 5. The number of nitrogens with one attached hydrogen (secondary N) is 1. The van der Waals surface area contributed by atoms with Gasteiger partial charge in [-0.1, -0.05) is 26.7 Å². The summed E-state index contributed by atoms with van der Waals surface area (Å²) in [5.74, 6) is 0.266. The van der Waals surface area contributed by atoms with Crippen molar-refractivity contribution in [3.05, 3.63) is 0 Å². The fourth-order valence-corrected chi connectivity index (χ4v) is 2.13. The van der Waals surface area contributed by atoms with Gasteiger partial charge in [-0.3, -0.25) is 9.59 Å². The summed E-state index contributed by atoms with van der Waals surface area (Å²) in [5, 5.41) is 2.73. The molecule has 5 N–H and O–H groups in total. The summed E-state index contributed by atoms with van der Waals surface area (Å²) in [6.07, 6.45) is 3.36. The Morgan fingerprint density at radius 3 is 2.29 bits per heavy atom. The maximum Gasteiger partial charge on any atom is 0.227 e.